The highest BCUT2D eigenvalue weighted by Crippen LogP contribution is 2.15. The van der Waals surface area contributed by atoms with Crippen LogP contribution >= 0.6 is 0 Å². The summed E-state index contributed by atoms with van der Waals surface area (Å²) in [7, 11) is 0. The number of hydrogen-bond donors (Lipinski definition) is 0. The second-order valence-electron chi connectivity index (χ2n) is 4.44. The Balaban J connectivity index is 1.75. The minimum Gasteiger partial charge on any atom is -0.168 e. The van der Waals surface area contributed by atoms with Gasteiger partial charge in [-0.3, -0.25) is 0 Å². The first kappa shape index (κ1) is 14.9. The minimum absolute atomic E-state index is 0.465. The van der Waals surface area contributed by atoms with Crippen molar-refractivity contribution in [1.82, 2.24) is 0 Å². The van der Waals surface area contributed by atoms with Crippen LogP contribution in [0.4, 0.5) is 0 Å². The standard InChI is InChI=1S/C12H24O5/c1-2-3-4-5-6-7-8-9-10-11-12-13-15-17-16-14-12/h12H,2-11H2,1H3. The summed E-state index contributed by atoms with van der Waals surface area (Å²) in [6, 6.07) is 0. The van der Waals surface area contributed by atoms with Crippen molar-refractivity contribution in [2.24, 2.45) is 0 Å². The third-order valence-electron chi connectivity index (χ3n) is 2.89. The van der Waals surface area contributed by atoms with E-state index < -0.39 is 6.29 Å². The molecule has 0 aromatic heterocycles. The van der Waals surface area contributed by atoms with Crippen molar-refractivity contribution in [2.75, 3.05) is 0 Å². The van der Waals surface area contributed by atoms with E-state index in [2.05, 4.69) is 31.8 Å². The van der Waals surface area contributed by atoms with Crippen LogP contribution in [0.3, 0.4) is 0 Å². The largest absolute Gasteiger partial charge is 0.230 e. The third-order valence-corrected chi connectivity index (χ3v) is 2.89. The third kappa shape index (κ3) is 8.51. The molecule has 1 aliphatic heterocycles. The average Bonchev–Trinajstić information content (AvgIpc) is 2.38. The summed E-state index contributed by atoms with van der Waals surface area (Å²) in [5.74, 6) is 0. The van der Waals surface area contributed by atoms with Gasteiger partial charge >= 0.3 is 0 Å². The number of rotatable bonds is 10. The molecule has 0 radical (unpaired) electrons. The van der Waals surface area contributed by atoms with Gasteiger partial charge in [0.15, 0.2) is 0 Å². The molecule has 0 bridgehead atoms. The van der Waals surface area contributed by atoms with E-state index in [4.69, 9.17) is 0 Å². The van der Waals surface area contributed by atoms with Gasteiger partial charge in [-0.1, -0.05) is 58.3 Å². The van der Waals surface area contributed by atoms with Gasteiger partial charge in [0.2, 0.25) is 6.29 Å². The Morgan fingerprint density at radius 1 is 0.647 bits per heavy atom. The van der Waals surface area contributed by atoms with Gasteiger partial charge in [0.05, 0.1) is 0 Å². The molecule has 102 valence electrons. The van der Waals surface area contributed by atoms with Crippen molar-refractivity contribution >= 4 is 0 Å². The van der Waals surface area contributed by atoms with E-state index in [1.165, 1.54) is 51.4 Å². The Kier molecular flexibility index (Phi) is 9.55. The molecule has 1 heterocycles. The second-order valence-corrected chi connectivity index (χ2v) is 4.44. The molecule has 1 fully saturated rings. The van der Waals surface area contributed by atoms with Gasteiger partial charge in [-0.15, -0.1) is 0 Å². The summed E-state index contributed by atoms with van der Waals surface area (Å²) in [6.45, 7) is 2.24. The summed E-state index contributed by atoms with van der Waals surface area (Å²) >= 11 is 0. The molecule has 0 unspecified atom stereocenters. The SMILES string of the molecule is CCCCCCCCCCCC1OOOOO1. The quantitative estimate of drug-likeness (QED) is 0.432. The molecule has 0 aliphatic carbocycles. The molecule has 0 aromatic carbocycles. The van der Waals surface area contributed by atoms with Crippen molar-refractivity contribution in [3.63, 3.8) is 0 Å². The molecule has 0 saturated carbocycles. The van der Waals surface area contributed by atoms with Crippen LogP contribution in [0.15, 0.2) is 0 Å². The number of unbranched alkanes of at least 4 members (excludes halogenated alkanes) is 8. The van der Waals surface area contributed by atoms with Gasteiger partial charge in [0.1, 0.15) is 0 Å². The van der Waals surface area contributed by atoms with Crippen LogP contribution < -0.4 is 0 Å². The lowest BCUT2D eigenvalue weighted by atomic mass is 10.1. The lowest BCUT2D eigenvalue weighted by molar-refractivity contribution is -0.786. The normalized spacial score (nSPS) is 17.5. The van der Waals surface area contributed by atoms with Gasteiger partial charge in [-0.2, -0.15) is 9.78 Å². The molecule has 17 heavy (non-hydrogen) atoms. The van der Waals surface area contributed by atoms with Crippen LogP contribution in [0.5, 0.6) is 0 Å². The molecule has 5 nitrogen and oxygen atoms in total. The monoisotopic (exact) mass is 248 g/mol. The van der Waals surface area contributed by atoms with Gasteiger partial charge in [-0.25, -0.2) is 0 Å². The first-order chi connectivity index (χ1) is 8.43. The van der Waals surface area contributed by atoms with Crippen LogP contribution in [-0.2, 0) is 24.9 Å². The predicted octanol–water partition coefficient (Wildman–Crippen LogP) is 3.99. The lowest BCUT2D eigenvalue weighted by Crippen LogP contribution is -2.23. The van der Waals surface area contributed by atoms with Crippen LogP contribution in [-0.4, -0.2) is 6.29 Å². The van der Waals surface area contributed by atoms with E-state index in [9.17, 15) is 0 Å². The van der Waals surface area contributed by atoms with E-state index in [-0.39, 0.29) is 0 Å². The fourth-order valence-corrected chi connectivity index (χ4v) is 1.86. The zero-order valence-corrected chi connectivity index (χ0v) is 10.7. The molecule has 0 atom stereocenters. The Bertz CT molecular complexity index is 159. The lowest BCUT2D eigenvalue weighted by Gasteiger charge is -2.16. The van der Waals surface area contributed by atoms with Gasteiger partial charge in [0, 0.05) is 6.42 Å². The molecule has 0 spiro atoms. The topological polar surface area (TPSA) is 46.2 Å². The predicted molar refractivity (Wildman–Crippen MR) is 61.1 cm³/mol. The fraction of sp³-hybridized carbons (Fsp3) is 1.00. The van der Waals surface area contributed by atoms with Gasteiger partial charge < -0.3 is 0 Å². The highest BCUT2D eigenvalue weighted by Gasteiger charge is 2.17. The molecule has 1 aliphatic rings. The molecule has 0 aromatic rings. The smallest absolute Gasteiger partial charge is 0.168 e. The van der Waals surface area contributed by atoms with Crippen LogP contribution in [0.2, 0.25) is 0 Å². The average molecular weight is 248 g/mol. The zero-order valence-electron chi connectivity index (χ0n) is 10.7. The highest BCUT2D eigenvalue weighted by molar-refractivity contribution is 4.48. The Hall–Kier alpha value is -0.200. The van der Waals surface area contributed by atoms with E-state index in [1.807, 2.05) is 0 Å². The molecule has 5 heteroatoms. The van der Waals surface area contributed by atoms with E-state index in [0.29, 0.717) is 0 Å². The summed E-state index contributed by atoms with van der Waals surface area (Å²) in [6.07, 6.45) is 11.9. The van der Waals surface area contributed by atoms with Crippen LogP contribution in [0.1, 0.15) is 71.1 Å². The van der Waals surface area contributed by atoms with Crippen molar-refractivity contribution in [3.8, 4) is 0 Å². The molecule has 0 amide bonds. The molecule has 1 saturated heterocycles. The summed E-state index contributed by atoms with van der Waals surface area (Å²) in [5, 5.41) is 12.3. The maximum Gasteiger partial charge on any atom is 0.230 e. The van der Waals surface area contributed by atoms with Crippen molar-refractivity contribution < 1.29 is 24.9 Å². The van der Waals surface area contributed by atoms with Crippen molar-refractivity contribution in [2.45, 2.75) is 77.4 Å². The summed E-state index contributed by atoms with van der Waals surface area (Å²) < 4.78 is 0. The van der Waals surface area contributed by atoms with Crippen LogP contribution in [0.25, 0.3) is 0 Å². The number of hydrogen-bond acceptors (Lipinski definition) is 5. The maximum absolute atomic E-state index is 4.68. The van der Waals surface area contributed by atoms with E-state index in [1.54, 1.807) is 0 Å². The van der Waals surface area contributed by atoms with E-state index in [0.717, 1.165) is 12.8 Å². The molecular weight excluding hydrogens is 224 g/mol. The Morgan fingerprint density at radius 2 is 1.18 bits per heavy atom. The van der Waals surface area contributed by atoms with Gasteiger partial charge in [0.25, 0.3) is 0 Å². The first-order valence-corrected chi connectivity index (χ1v) is 6.75. The Morgan fingerprint density at radius 3 is 1.76 bits per heavy atom. The highest BCUT2D eigenvalue weighted by atomic mass is 17.8. The Labute approximate surface area is 103 Å². The first-order valence-electron chi connectivity index (χ1n) is 6.75. The molecule has 0 N–H and O–H groups in total. The van der Waals surface area contributed by atoms with E-state index >= 15 is 0 Å². The van der Waals surface area contributed by atoms with Crippen molar-refractivity contribution in [1.29, 1.82) is 0 Å². The van der Waals surface area contributed by atoms with Crippen LogP contribution in [0, 0.1) is 0 Å². The second kappa shape index (κ2) is 10.9. The molecular formula is C12H24O5. The maximum atomic E-state index is 4.68. The summed E-state index contributed by atoms with van der Waals surface area (Å²) in [5.41, 5.74) is 0. The van der Waals surface area contributed by atoms with Crippen molar-refractivity contribution in [3.05, 3.63) is 0 Å². The van der Waals surface area contributed by atoms with Gasteiger partial charge in [-0.05, 0) is 21.5 Å². The summed E-state index contributed by atoms with van der Waals surface area (Å²) in [4.78, 5) is 9.36. The zero-order chi connectivity index (χ0) is 12.2. The fourth-order valence-electron chi connectivity index (χ4n) is 1.86. The minimum atomic E-state index is -0.465. The molecule has 1 rings (SSSR count).